The Morgan fingerprint density at radius 3 is 2.40 bits per heavy atom. The van der Waals surface area contributed by atoms with E-state index in [1.807, 2.05) is 0 Å². The van der Waals surface area contributed by atoms with Gasteiger partial charge in [-0.1, -0.05) is 89.8 Å². The number of hydrogen-bond donors (Lipinski definition) is 1. The van der Waals surface area contributed by atoms with Crippen molar-refractivity contribution in [3.05, 3.63) is 47.0 Å². The molecule has 4 aliphatic carbocycles. The van der Waals surface area contributed by atoms with Gasteiger partial charge in [0.25, 0.3) is 0 Å². The van der Waals surface area contributed by atoms with Crippen LogP contribution in [0.5, 0.6) is 0 Å². The summed E-state index contributed by atoms with van der Waals surface area (Å²) in [5.74, 6) is 5.34. The minimum absolute atomic E-state index is 0.230. The summed E-state index contributed by atoms with van der Waals surface area (Å²) < 4.78 is 0. The largest absolute Gasteiger partial charge is 0.389 e. The summed E-state index contributed by atoms with van der Waals surface area (Å²) in [6, 6.07) is 10.9. The lowest BCUT2D eigenvalue weighted by atomic mass is 9.45. The van der Waals surface area contributed by atoms with E-state index in [9.17, 15) is 5.11 Å². The molecule has 0 heterocycles. The van der Waals surface area contributed by atoms with Gasteiger partial charge in [0.05, 0.1) is 6.10 Å². The molecule has 1 aromatic rings. The molecule has 0 aromatic heterocycles. The lowest BCUT2D eigenvalue weighted by Crippen LogP contribution is -2.51. The minimum Gasteiger partial charge on any atom is -0.389 e. The van der Waals surface area contributed by atoms with Crippen LogP contribution < -0.4 is 0 Å². The van der Waals surface area contributed by atoms with Crippen molar-refractivity contribution in [2.24, 2.45) is 46.3 Å². The maximum Gasteiger partial charge on any atom is 0.0756 e. The van der Waals surface area contributed by atoms with E-state index in [0.717, 1.165) is 48.3 Å². The predicted molar refractivity (Wildman–Crippen MR) is 148 cm³/mol. The third-order valence-electron chi connectivity index (χ3n) is 11.8. The van der Waals surface area contributed by atoms with E-state index in [0.29, 0.717) is 10.8 Å². The number of fused-ring (bicyclic) bond motifs is 5. The van der Waals surface area contributed by atoms with Gasteiger partial charge in [-0.25, -0.2) is 0 Å². The van der Waals surface area contributed by atoms with Gasteiger partial charge >= 0.3 is 0 Å². The van der Waals surface area contributed by atoms with Crippen molar-refractivity contribution in [3.8, 4) is 0 Å². The summed E-state index contributed by atoms with van der Waals surface area (Å²) in [4.78, 5) is 0. The van der Waals surface area contributed by atoms with Crippen LogP contribution in [0.3, 0.4) is 0 Å². The Bertz CT molecular complexity index is 898. The van der Waals surface area contributed by atoms with E-state index in [1.165, 1.54) is 75.3 Å². The van der Waals surface area contributed by atoms with Crippen LogP contribution in [0.4, 0.5) is 0 Å². The molecule has 1 N–H and O–H groups in total. The van der Waals surface area contributed by atoms with Crippen molar-refractivity contribution in [3.63, 3.8) is 0 Å². The molecule has 35 heavy (non-hydrogen) atoms. The average Bonchev–Trinajstić information content (AvgIpc) is 3.19. The van der Waals surface area contributed by atoms with Crippen LogP contribution in [0.15, 0.2) is 41.5 Å². The van der Waals surface area contributed by atoms with Gasteiger partial charge in [-0.2, -0.15) is 0 Å². The molecular formula is C34H52O. The summed E-state index contributed by atoms with van der Waals surface area (Å²) in [6.07, 6.45) is 15.5. The molecular weight excluding hydrogens is 424 g/mol. The van der Waals surface area contributed by atoms with Crippen molar-refractivity contribution in [1.29, 1.82) is 0 Å². The molecule has 0 unspecified atom stereocenters. The first-order valence-electron chi connectivity index (χ1n) is 15.2. The first-order chi connectivity index (χ1) is 16.7. The summed E-state index contributed by atoms with van der Waals surface area (Å²) in [5.41, 5.74) is 5.30. The van der Waals surface area contributed by atoms with E-state index in [-0.39, 0.29) is 6.10 Å². The summed E-state index contributed by atoms with van der Waals surface area (Å²) in [6.45, 7) is 12.7. The maximum atomic E-state index is 11.1. The quantitative estimate of drug-likeness (QED) is 0.389. The first-order valence-corrected chi connectivity index (χ1v) is 15.2. The zero-order chi connectivity index (χ0) is 24.8. The lowest BCUT2D eigenvalue weighted by Gasteiger charge is -2.59. The first kappa shape index (κ1) is 25.6. The number of aliphatic hydroxyl groups excluding tert-OH is 1. The molecule has 3 saturated carbocycles. The number of allylic oxidation sites excluding steroid dienone is 1. The summed E-state index contributed by atoms with van der Waals surface area (Å²) >= 11 is 0. The van der Waals surface area contributed by atoms with E-state index < -0.39 is 0 Å². The lowest BCUT2D eigenvalue weighted by molar-refractivity contribution is -0.0640. The van der Waals surface area contributed by atoms with Crippen LogP contribution in [0.25, 0.3) is 0 Å². The Labute approximate surface area is 216 Å². The normalized spacial score (nSPS) is 39.8. The maximum absolute atomic E-state index is 11.1. The monoisotopic (exact) mass is 476 g/mol. The molecule has 8 atom stereocenters. The second-order valence-electron chi connectivity index (χ2n) is 14.1. The smallest absolute Gasteiger partial charge is 0.0756 e. The molecule has 1 nitrogen and oxygen atoms in total. The molecule has 0 saturated heterocycles. The van der Waals surface area contributed by atoms with Gasteiger partial charge in [-0.15, -0.1) is 0 Å². The van der Waals surface area contributed by atoms with Gasteiger partial charge in [0.1, 0.15) is 0 Å². The van der Waals surface area contributed by atoms with Gasteiger partial charge in [-0.3, -0.25) is 0 Å². The fourth-order valence-electron chi connectivity index (χ4n) is 10.0. The topological polar surface area (TPSA) is 20.2 Å². The van der Waals surface area contributed by atoms with Crippen molar-refractivity contribution >= 4 is 0 Å². The molecule has 194 valence electrons. The summed E-state index contributed by atoms with van der Waals surface area (Å²) in [5, 5.41) is 11.1. The highest BCUT2D eigenvalue weighted by Crippen LogP contribution is 2.68. The Morgan fingerprint density at radius 1 is 0.886 bits per heavy atom. The van der Waals surface area contributed by atoms with E-state index in [1.54, 1.807) is 5.57 Å². The molecule has 0 radical (unpaired) electrons. The third-order valence-corrected chi connectivity index (χ3v) is 11.8. The highest BCUT2D eigenvalue weighted by molar-refractivity contribution is 5.36. The molecule has 1 aromatic carbocycles. The van der Waals surface area contributed by atoms with E-state index in [2.05, 4.69) is 65.0 Å². The van der Waals surface area contributed by atoms with Gasteiger partial charge < -0.3 is 5.11 Å². The Kier molecular flexibility index (Phi) is 7.30. The third kappa shape index (κ3) is 4.58. The van der Waals surface area contributed by atoms with Crippen molar-refractivity contribution < 1.29 is 5.11 Å². The van der Waals surface area contributed by atoms with Crippen LogP contribution in [-0.2, 0) is 6.42 Å². The Morgan fingerprint density at radius 2 is 1.66 bits per heavy atom. The van der Waals surface area contributed by atoms with Crippen LogP contribution in [-0.4, -0.2) is 11.2 Å². The summed E-state index contributed by atoms with van der Waals surface area (Å²) in [7, 11) is 0. The van der Waals surface area contributed by atoms with Crippen molar-refractivity contribution in [2.45, 2.75) is 118 Å². The van der Waals surface area contributed by atoms with E-state index >= 15 is 0 Å². The minimum atomic E-state index is -0.230. The van der Waals surface area contributed by atoms with Gasteiger partial charge in [0.2, 0.25) is 0 Å². The number of benzene rings is 1. The second-order valence-corrected chi connectivity index (χ2v) is 14.1. The molecule has 0 spiro atoms. The molecule has 3 fully saturated rings. The van der Waals surface area contributed by atoms with Crippen LogP contribution in [0.1, 0.15) is 111 Å². The fourth-order valence-corrected chi connectivity index (χ4v) is 10.0. The van der Waals surface area contributed by atoms with Gasteiger partial charge in [-0.05, 0) is 115 Å². The molecule has 5 rings (SSSR count). The van der Waals surface area contributed by atoms with Crippen LogP contribution >= 0.6 is 0 Å². The molecule has 0 aliphatic heterocycles. The zero-order valence-corrected chi connectivity index (χ0v) is 23.4. The molecule has 0 bridgehead atoms. The highest BCUT2D eigenvalue weighted by atomic mass is 16.3. The second kappa shape index (κ2) is 10.00. The van der Waals surface area contributed by atoms with Gasteiger partial charge in [0, 0.05) is 0 Å². The van der Waals surface area contributed by atoms with Gasteiger partial charge in [0.15, 0.2) is 0 Å². The van der Waals surface area contributed by atoms with E-state index in [4.69, 9.17) is 0 Å². The fraction of sp³-hybridized carbons (Fsp3) is 0.765. The number of aliphatic hydroxyl groups is 1. The van der Waals surface area contributed by atoms with Crippen LogP contribution in [0, 0.1) is 46.3 Å². The average molecular weight is 477 g/mol. The molecule has 1 heteroatoms. The number of hydrogen-bond acceptors (Lipinski definition) is 1. The predicted octanol–water partition coefficient (Wildman–Crippen LogP) is 9.00. The Balaban J connectivity index is 1.36. The number of rotatable bonds is 7. The van der Waals surface area contributed by atoms with Crippen molar-refractivity contribution in [2.75, 3.05) is 0 Å². The molecule has 0 amide bonds. The molecule has 4 aliphatic rings. The standard InChI is InChI=1S/C34H52O/c1-23(2)10-9-11-24(3)28-16-17-29-26-14-15-30-27(22-25-12-7-6-8-13-25)32(35)19-21-34(30,5)31(26)18-20-33(28,29)4/h6-8,12-13,23-24,26,28-29,31-32,35H,9-11,14-22H2,1-5H3/t24-,26+,28-,29+,31+,32+,33-,34+/m1/s1. The zero-order valence-electron chi connectivity index (χ0n) is 23.4. The Hall–Kier alpha value is -1.08. The van der Waals surface area contributed by atoms with Crippen LogP contribution in [0.2, 0.25) is 0 Å². The SMILES string of the molecule is CC(C)CCC[C@@H](C)[C@H]1CC[C@H]2[C@@H]3CCC4=C(Cc5ccccc5)[C@@H](O)CC[C@]4(C)[C@H]3CC[C@]12C. The van der Waals surface area contributed by atoms with Crippen molar-refractivity contribution in [1.82, 2.24) is 0 Å². The highest BCUT2D eigenvalue weighted by Gasteiger charge is 2.59.